The van der Waals surface area contributed by atoms with Crippen LogP contribution in [-0.2, 0) is 12.8 Å². The van der Waals surface area contributed by atoms with Crippen LogP contribution < -0.4 is 5.32 Å². The Morgan fingerprint density at radius 2 is 2.00 bits per heavy atom. The summed E-state index contributed by atoms with van der Waals surface area (Å²) in [5.41, 5.74) is 2.31. The Labute approximate surface area is 226 Å². The Kier molecular flexibility index (Phi) is 7.54. The molecule has 0 saturated carbocycles. The number of aliphatic imine (C=N–C) groups is 1. The van der Waals surface area contributed by atoms with Crippen molar-refractivity contribution in [1.29, 1.82) is 0 Å². The number of phenolic OH excluding ortho intramolecular Hbond substituents is 1. The van der Waals surface area contributed by atoms with E-state index in [0.717, 1.165) is 29.7 Å². The van der Waals surface area contributed by atoms with Crippen LogP contribution in [0.2, 0.25) is 5.02 Å². The van der Waals surface area contributed by atoms with Crippen molar-refractivity contribution in [3.63, 3.8) is 0 Å². The minimum atomic E-state index is -0.654. The topological polar surface area (TPSA) is 105 Å². The van der Waals surface area contributed by atoms with Crippen LogP contribution in [0.15, 0.2) is 45.9 Å². The van der Waals surface area contributed by atoms with E-state index in [1.54, 1.807) is 30.3 Å². The smallest absolute Gasteiger partial charge is 0.312 e. The number of hydrogen-bond acceptors (Lipinski definition) is 6. The van der Waals surface area contributed by atoms with E-state index in [4.69, 9.17) is 11.6 Å². The van der Waals surface area contributed by atoms with E-state index in [9.17, 15) is 20.0 Å². The third kappa shape index (κ3) is 5.63. The number of hydrogen-bond donors (Lipinski definition) is 2. The molecule has 0 bridgehead atoms. The second-order valence-electron chi connectivity index (χ2n) is 9.84. The zero-order chi connectivity index (χ0) is 26.2. The van der Waals surface area contributed by atoms with Crippen molar-refractivity contribution in [3.05, 3.63) is 77.6 Å². The van der Waals surface area contributed by atoms with E-state index in [2.05, 4.69) is 47.0 Å². The first kappa shape index (κ1) is 26.3. The molecule has 2 aromatic carbocycles. The lowest BCUT2D eigenvalue weighted by molar-refractivity contribution is -0.386. The number of nitro groups is 1. The second kappa shape index (κ2) is 10.3. The molecule has 10 heteroatoms. The van der Waals surface area contributed by atoms with Crippen molar-refractivity contribution in [2.75, 3.05) is 5.32 Å². The molecule has 0 fully saturated rings. The molecule has 0 spiro atoms. The predicted molar refractivity (Wildman–Crippen MR) is 148 cm³/mol. The Hall–Kier alpha value is -2.75. The van der Waals surface area contributed by atoms with Crippen LogP contribution in [0.4, 0.5) is 16.4 Å². The number of nitrogens with one attached hydrogen (secondary N) is 1. The zero-order valence-corrected chi connectivity index (χ0v) is 23.1. The van der Waals surface area contributed by atoms with E-state index in [0.29, 0.717) is 32.8 Å². The van der Waals surface area contributed by atoms with Gasteiger partial charge in [-0.15, -0.1) is 11.3 Å². The summed E-state index contributed by atoms with van der Waals surface area (Å²) < 4.78 is 0.192. The third-order valence-corrected chi connectivity index (χ3v) is 8.41. The molecule has 36 heavy (non-hydrogen) atoms. The summed E-state index contributed by atoms with van der Waals surface area (Å²) in [6.45, 7) is 6.71. The lowest BCUT2D eigenvalue weighted by Crippen LogP contribution is -2.27. The first-order valence-electron chi connectivity index (χ1n) is 11.4. The molecule has 0 radical (unpaired) electrons. The second-order valence-corrected chi connectivity index (χ2v) is 12.2. The van der Waals surface area contributed by atoms with E-state index in [-0.39, 0.29) is 15.8 Å². The van der Waals surface area contributed by atoms with Crippen molar-refractivity contribution in [1.82, 2.24) is 0 Å². The monoisotopic (exact) mass is 589 g/mol. The van der Waals surface area contributed by atoms with Crippen LogP contribution in [0.1, 0.15) is 53.6 Å². The van der Waals surface area contributed by atoms with Gasteiger partial charge in [-0.2, -0.15) is 0 Å². The first-order valence-corrected chi connectivity index (χ1v) is 13.3. The maximum absolute atomic E-state index is 13.4. The molecular formula is C26H25BrClN3O4S. The van der Waals surface area contributed by atoms with Gasteiger partial charge in [0, 0.05) is 33.4 Å². The summed E-state index contributed by atoms with van der Waals surface area (Å²) in [5.74, 6) is -0.211. The molecule has 188 valence electrons. The van der Waals surface area contributed by atoms with Gasteiger partial charge in [0.1, 0.15) is 5.00 Å². The van der Waals surface area contributed by atoms with Crippen LogP contribution in [0.25, 0.3) is 0 Å². The lowest BCUT2D eigenvalue weighted by Gasteiger charge is -2.33. The largest absolute Gasteiger partial charge is 0.501 e. The molecule has 4 rings (SSSR count). The van der Waals surface area contributed by atoms with Gasteiger partial charge in [0.2, 0.25) is 5.75 Å². The highest BCUT2D eigenvalue weighted by Gasteiger charge is 2.33. The van der Waals surface area contributed by atoms with Crippen molar-refractivity contribution in [2.45, 2.75) is 40.0 Å². The maximum atomic E-state index is 13.4. The van der Waals surface area contributed by atoms with Crippen molar-refractivity contribution in [3.8, 4) is 5.75 Å². The number of thiophene rings is 1. The molecule has 1 aliphatic rings. The van der Waals surface area contributed by atoms with Gasteiger partial charge >= 0.3 is 5.69 Å². The number of fused-ring (bicyclic) bond motifs is 1. The summed E-state index contributed by atoms with van der Waals surface area (Å²) in [7, 11) is 0. The van der Waals surface area contributed by atoms with E-state index in [1.807, 2.05) is 0 Å². The average Bonchev–Trinajstić information content (AvgIpc) is 3.18. The summed E-state index contributed by atoms with van der Waals surface area (Å²) in [6, 6.07) is 9.70. The van der Waals surface area contributed by atoms with Gasteiger partial charge in [-0.05, 0) is 82.4 Å². The average molecular weight is 591 g/mol. The Morgan fingerprint density at radius 1 is 1.31 bits per heavy atom. The molecule has 1 heterocycles. The number of carbonyl (C=O) groups excluding carboxylic acids is 1. The molecule has 0 saturated heterocycles. The molecule has 0 unspecified atom stereocenters. The van der Waals surface area contributed by atoms with Gasteiger partial charge in [0.15, 0.2) is 0 Å². The molecule has 1 amide bonds. The van der Waals surface area contributed by atoms with Gasteiger partial charge in [-0.25, -0.2) is 4.99 Å². The number of phenols is 1. The normalized spacial score (nSPS) is 15.6. The summed E-state index contributed by atoms with van der Waals surface area (Å²) in [6.07, 6.45) is 4.11. The van der Waals surface area contributed by atoms with Crippen LogP contribution >= 0.6 is 38.9 Å². The highest BCUT2D eigenvalue weighted by atomic mass is 79.9. The van der Waals surface area contributed by atoms with Gasteiger partial charge in [0.05, 0.1) is 15.0 Å². The standard InChI is InChI=1S/C26H25BrClN3O4S/c1-26(2,3)15-4-9-18-21(12-15)36-25(22(18)24(33)30-17-7-5-16(28)6-8-17)29-13-14-10-19(27)23(32)20(11-14)31(34)35/h5-8,10-11,13,15,32H,4,9,12H2,1-3H3,(H,30,33)/t15-/m1/s1. The van der Waals surface area contributed by atoms with Crippen molar-refractivity contribution < 1.29 is 14.8 Å². The zero-order valence-electron chi connectivity index (χ0n) is 20.0. The van der Waals surface area contributed by atoms with Gasteiger partial charge < -0.3 is 10.4 Å². The summed E-state index contributed by atoms with van der Waals surface area (Å²) in [4.78, 5) is 29.8. The Morgan fingerprint density at radius 3 is 2.64 bits per heavy atom. The van der Waals surface area contributed by atoms with Crippen molar-refractivity contribution >= 4 is 67.4 Å². The molecule has 1 aliphatic carbocycles. The minimum absolute atomic E-state index is 0.147. The fraction of sp³-hybridized carbons (Fsp3) is 0.308. The van der Waals surface area contributed by atoms with E-state index >= 15 is 0 Å². The fourth-order valence-electron chi connectivity index (χ4n) is 4.31. The highest BCUT2D eigenvalue weighted by molar-refractivity contribution is 9.10. The molecule has 1 aromatic heterocycles. The molecule has 0 aliphatic heterocycles. The van der Waals surface area contributed by atoms with E-state index < -0.39 is 16.4 Å². The molecule has 1 atom stereocenters. The van der Waals surface area contributed by atoms with Crippen LogP contribution in [0.3, 0.4) is 0 Å². The lowest BCUT2D eigenvalue weighted by atomic mass is 9.72. The van der Waals surface area contributed by atoms with Gasteiger partial charge in [-0.1, -0.05) is 32.4 Å². The minimum Gasteiger partial charge on any atom is -0.501 e. The molecule has 7 nitrogen and oxygen atoms in total. The number of anilines is 1. The van der Waals surface area contributed by atoms with Crippen LogP contribution in [0, 0.1) is 21.4 Å². The SMILES string of the molecule is CC(C)(C)[C@@H]1CCc2c(sc(N=Cc3cc(Br)c(O)c([N+](=O)[O-])c3)c2C(=O)Nc2ccc(Cl)cc2)C1. The number of carbonyl (C=O) groups is 1. The van der Waals surface area contributed by atoms with Gasteiger partial charge in [-0.3, -0.25) is 14.9 Å². The summed E-state index contributed by atoms with van der Waals surface area (Å²) >= 11 is 10.6. The Balaban J connectivity index is 1.74. The summed E-state index contributed by atoms with van der Waals surface area (Å²) in [5, 5.41) is 25.3. The third-order valence-electron chi connectivity index (χ3n) is 6.39. The number of nitro benzene ring substituents is 1. The maximum Gasteiger partial charge on any atom is 0.312 e. The number of nitrogens with zero attached hydrogens (tertiary/aromatic N) is 2. The molecule has 2 N–H and O–H groups in total. The van der Waals surface area contributed by atoms with Crippen LogP contribution in [0.5, 0.6) is 5.75 Å². The quantitative estimate of drug-likeness (QED) is 0.179. The number of benzene rings is 2. The predicted octanol–water partition coefficient (Wildman–Crippen LogP) is 7.93. The Bertz CT molecular complexity index is 1360. The molecule has 3 aromatic rings. The van der Waals surface area contributed by atoms with Gasteiger partial charge in [0.25, 0.3) is 5.91 Å². The fourth-order valence-corrected chi connectivity index (χ4v) is 6.18. The van der Waals surface area contributed by atoms with Crippen molar-refractivity contribution in [2.24, 2.45) is 16.3 Å². The number of halogens is 2. The number of amides is 1. The number of aromatic hydroxyl groups is 1. The highest BCUT2D eigenvalue weighted by Crippen LogP contribution is 2.45. The molecular weight excluding hydrogens is 566 g/mol. The number of rotatable bonds is 5. The van der Waals surface area contributed by atoms with Crippen LogP contribution in [-0.4, -0.2) is 22.2 Å². The van der Waals surface area contributed by atoms with E-state index in [1.165, 1.54) is 23.6 Å². The first-order chi connectivity index (χ1) is 16.9.